The van der Waals surface area contributed by atoms with Crippen molar-refractivity contribution in [2.75, 3.05) is 13.7 Å². The van der Waals surface area contributed by atoms with Gasteiger partial charge >= 0.3 is 5.97 Å². The van der Waals surface area contributed by atoms with Crippen molar-refractivity contribution in [3.05, 3.63) is 48.0 Å². The first-order chi connectivity index (χ1) is 15.4. The summed E-state index contributed by atoms with van der Waals surface area (Å²) in [7, 11) is 1.61. The van der Waals surface area contributed by atoms with E-state index in [4.69, 9.17) is 18.9 Å². The van der Waals surface area contributed by atoms with Crippen LogP contribution in [0.25, 0.3) is 10.8 Å². The first-order valence-electron chi connectivity index (χ1n) is 11.3. The molecule has 2 aromatic carbocycles. The molecule has 2 heterocycles. The van der Waals surface area contributed by atoms with Gasteiger partial charge in [0, 0.05) is 32.8 Å². The Balaban J connectivity index is 1.41. The van der Waals surface area contributed by atoms with E-state index < -0.39 is 30.2 Å². The van der Waals surface area contributed by atoms with E-state index in [9.17, 15) is 15.0 Å². The molecule has 0 saturated carbocycles. The van der Waals surface area contributed by atoms with Crippen molar-refractivity contribution in [1.82, 2.24) is 0 Å². The molecule has 2 aromatic rings. The lowest BCUT2D eigenvalue weighted by molar-refractivity contribution is -0.342. The monoisotopic (exact) mass is 444 g/mol. The van der Waals surface area contributed by atoms with Gasteiger partial charge in [0.25, 0.3) is 0 Å². The number of rotatable bonds is 6. The quantitative estimate of drug-likeness (QED) is 0.661. The minimum atomic E-state index is -1.07. The fraction of sp³-hybridized carbons (Fsp3) is 0.560. The molecule has 2 N–H and O–H groups in total. The van der Waals surface area contributed by atoms with Crippen molar-refractivity contribution in [1.29, 1.82) is 0 Å². The summed E-state index contributed by atoms with van der Waals surface area (Å²) in [6.45, 7) is 1.66. The smallest absolute Gasteiger partial charge is 0.309 e. The van der Waals surface area contributed by atoms with Crippen LogP contribution >= 0.6 is 0 Å². The van der Waals surface area contributed by atoms with Crippen molar-refractivity contribution < 1.29 is 34.0 Å². The average Bonchev–Trinajstić information content (AvgIpc) is 2.77. The number of benzene rings is 2. The highest BCUT2D eigenvalue weighted by Gasteiger charge is 2.49. The number of aliphatic hydroxyl groups excluding tert-OH is 2. The maximum absolute atomic E-state index is 12.7. The summed E-state index contributed by atoms with van der Waals surface area (Å²) in [6.07, 6.45) is -0.516. The van der Waals surface area contributed by atoms with Gasteiger partial charge in [-0.05, 0) is 29.3 Å². The fourth-order valence-electron chi connectivity index (χ4n) is 4.85. The lowest BCUT2D eigenvalue weighted by Crippen LogP contribution is -2.56. The normalized spacial score (nSPS) is 31.5. The third kappa shape index (κ3) is 5.30. The predicted octanol–water partition coefficient (Wildman–Crippen LogP) is 3.26. The number of carbonyl (C=O) groups is 1. The second-order valence-corrected chi connectivity index (χ2v) is 8.91. The molecule has 2 saturated heterocycles. The molecular weight excluding hydrogens is 412 g/mol. The highest BCUT2D eigenvalue weighted by molar-refractivity contribution is 5.83. The molecule has 2 fully saturated rings. The molecule has 6 atom stereocenters. The van der Waals surface area contributed by atoms with Crippen LogP contribution < -0.4 is 0 Å². The zero-order valence-electron chi connectivity index (χ0n) is 18.6. The number of methoxy groups -OCH3 is 1. The molecule has 7 nitrogen and oxygen atoms in total. The third-order valence-corrected chi connectivity index (χ3v) is 6.39. The first kappa shape index (κ1) is 23.1. The molecule has 174 valence electrons. The van der Waals surface area contributed by atoms with Gasteiger partial charge in [0.05, 0.1) is 37.4 Å². The van der Waals surface area contributed by atoms with Crippen LogP contribution in [-0.4, -0.2) is 60.1 Å². The second kappa shape index (κ2) is 9.85. The van der Waals surface area contributed by atoms with Crippen molar-refractivity contribution >= 4 is 16.7 Å². The zero-order chi connectivity index (χ0) is 22.7. The molecule has 0 aliphatic carbocycles. The van der Waals surface area contributed by atoms with Gasteiger partial charge in [0.15, 0.2) is 5.79 Å². The van der Waals surface area contributed by atoms with E-state index in [1.54, 1.807) is 7.11 Å². The fourth-order valence-corrected chi connectivity index (χ4v) is 4.85. The Morgan fingerprint density at radius 2 is 1.88 bits per heavy atom. The van der Waals surface area contributed by atoms with Gasteiger partial charge in [-0.15, -0.1) is 0 Å². The van der Waals surface area contributed by atoms with Crippen LogP contribution in [-0.2, 0) is 23.7 Å². The van der Waals surface area contributed by atoms with Crippen molar-refractivity contribution in [2.24, 2.45) is 0 Å². The summed E-state index contributed by atoms with van der Waals surface area (Å²) < 4.78 is 23.5. The van der Waals surface area contributed by atoms with Crippen LogP contribution in [0, 0.1) is 0 Å². The summed E-state index contributed by atoms with van der Waals surface area (Å²) in [5, 5.41) is 22.0. The Labute approximate surface area is 188 Å². The molecule has 1 spiro atoms. The van der Waals surface area contributed by atoms with E-state index >= 15 is 0 Å². The van der Waals surface area contributed by atoms with Crippen LogP contribution in [0.1, 0.15) is 50.7 Å². The SMILES string of the molecule is CO[C@H]1C[C@@H](CC(=O)O[C@@H](C)c2ccc3ccccc3c2)O[C@@]2(C[C@@H](O)C[C@H](CO)O2)C1. The van der Waals surface area contributed by atoms with Gasteiger partial charge in [-0.25, -0.2) is 0 Å². The van der Waals surface area contributed by atoms with Gasteiger partial charge in [-0.2, -0.15) is 0 Å². The first-order valence-corrected chi connectivity index (χ1v) is 11.3. The van der Waals surface area contributed by atoms with Crippen LogP contribution in [0.15, 0.2) is 42.5 Å². The van der Waals surface area contributed by atoms with Crippen LogP contribution in [0.2, 0.25) is 0 Å². The zero-order valence-corrected chi connectivity index (χ0v) is 18.6. The Kier molecular flexibility index (Phi) is 7.12. The van der Waals surface area contributed by atoms with E-state index in [0.29, 0.717) is 19.3 Å². The van der Waals surface area contributed by atoms with E-state index in [0.717, 1.165) is 16.3 Å². The molecule has 2 aliphatic heterocycles. The van der Waals surface area contributed by atoms with Gasteiger partial charge in [0.1, 0.15) is 6.10 Å². The average molecular weight is 445 g/mol. The summed E-state index contributed by atoms with van der Waals surface area (Å²) in [5.41, 5.74) is 0.928. The second-order valence-electron chi connectivity index (χ2n) is 8.91. The van der Waals surface area contributed by atoms with Gasteiger partial charge in [-0.1, -0.05) is 36.4 Å². The molecule has 2 aliphatic rings. The Morgan fingerprint density at radius 3 is 2.62 bits per heavy atom. The Morgan fingerprint density at radius 1 is 1.12 bits per heavy atom. The van der Waals surface area contributed by atoms with E-state index in [1.807, 2.05) is 49.4 Å². The number of hydrogen-bond acceptors (Lipinski definition) is 7. The standard InChI is InChI=1S/C25H32O7/c1-16(18-8-7-17-5-3-4-6-19(17)9-18)30-24(28)12-21-11-22(29-2)14-25(31-21)13-20(27)10-23(15-26)32-25/h3-9,16,20-23,26-27H,10-15H2,1-2H3/t16-,20-,21-,22-,23+,25+/m0/s1. The molecule has 0 amide bonds. The van der Waals surface area contributed by atoms with Crippen LogP contribution in [0.5, 0.6) is 0 Å². The minimum Gasteiger partial charge on any atom is -0.458 e. The van der Waals surface area contributed by atoms with Gasteiger partial charge in [0.2, 0.25) is 0 Å². The molecule has 0 bridgehead atoms. The summed E-state index contributed by atoms with van der Waals surface area (Å²) >= 11 is 0. The molecule has 32 heavy (non-hydrogen) atoms. The highest BCUT2D eigenvalue weighted by Crippen LogP contribution is 2.41. The minimum absolute atomic E-state index is 0.0583. The molecule has 0 aromatic heterocycles. The van der Waals surface area contributed by atoms with Crippen LogP contribution in [0.3, 0.4) is 0 Å². The number of aliphatic hydroxyl groups is 2. The van der Waals surface area contributed by atoms with E-state index in [2.05, 4.69) is 0 Å². The molecular formula is C25H32O7. The van der Waals surface area contributed by atoms with Gasteiger partial charge in [-0.3, -0.25) is 4.79 Å². The van der Waals surface area contributed by atoms with E-state index in [-0.39, 0.29) is 31.5 Å². The molecule has 0 radical (unpaired) electrons. The topological polar surface area (TPSA) is 94.5 Å². The van der Waals surface area contributed by atoms with Crippen molar-refractivity contribution in [2.45, 2.75) is 75.3 Å². The highest BCUT2D eigenvalue weighted by atomic mass is 16.7. The molecule has 4 rings (SSSR count). The lowest BCUT2D eigenvalue weighted by atomic mass is 9.89. The molecule has 0 unspecified atom stereocenters. The molecule has 7 heteroatoms. The van der Waals surface area contributed by atoms with Crippen LogP contribution in [0.4, 0.5) is 0 Å². The van der Waals surface area contributed by atoms with E-state index in [1.165, 1.54) is 0 Å². The predicted molar refractivity (Wildman–Crippen MR) is 118 cm³/mol. The largest absolute Gasteiger partial charge is 0.458 e. The number of carbonyl (C=O) groups excluding carboxylic acids is 1. The summed E-state index contributed by atoms with van der Waals surface area (Å²) in [5.74, 6) is -1.43. The number of esters is 1. The maximum Gasteiger partial charge on any atom is 0.309 e. The third-order valence-electron chi connectivity index (χ3n) is 6.39. The summed E-state index contributed by atoms with van der Waals surface area (Å²) in [4.78, 5) is 12.7. The number of hydrogen-bond donors (Lipinski definition) is 2. The number of ether oxygens (including phenoxy) is 4. The summed E-state index contributed by atoms with van der Waals surface area (Å²) in [6, 6.07) is 14.1. The maximum atomic E-state index is 12.7. The van der Waals surface area contributed by atoms with Gasteiger partial charge < -0.3 is 29.2 Å². The van der Waals surface area contributed by atoms with Crippen molar-refractivity contribution in [3.63, 3.8) is 0 Å². The Bertz CT molecular complexity index is 927. The lowest BCUT2D eigenvalue weighted by Gasteiger charge is -2.48. The van der Waals surface area contributed by atoms with Crippen molar-refractivity contribution in [3.8, 4) is 0 Å². The Hall–Kier alpha value is -2.03. The number of fused-ring (bicyclic) bond motifs is 1.